The summed E-state index contributed by atoms with van der Waals surface area (Å²) in [5.74, 6) is 0.634. The first-order valence-corrected chi connectivity index (χ1v) is 12.9. The second kappa shape index (κ2) is 11.1. The minimum absolute atomic E-state index is 0.0161. The topological polar surface area (TPSA) is 69.7 Å². The van der Waals surface area contributed by atoms with Gasteiger partial charge in [-0.25, -0.2) is 0 Å². The molecule has 1 fully saturated rings. The number of benzene rings is 1. The molecule has 1 N–H and O–H groups in total. The number of nitrogens with zero attached hydrogens (tertiary/aromatic N) is 2. The van der Waals surface area contributed by atoms with Gasteiger partial charge in [0.15, 0.2) is 0 Å². The zero-order valence-electron chi connectivity index (χ0n) is 23.4. The van der Waals surface area contributed by atoms with Gasteiger partial charge in [0.05, 0.1) is 0 Å². The predicted molar refractivity (Wildman–Crippen MR) is 146 cm³/mol. The van der Waals surface area contributed by atoms with Crippen LogP contribution in [0.4, 0.5) is 17.1 Å². The quantitative estimate of drug-likeness (QED) is 0.428. The molecule has 1 saturated carbocycles. The van der Waals surface area contributed by atoms with E-state index in [-0.39, 0.29) is 28.1 Å². The number of rotatable bonds is 8. The van der Waals surface area contributed by atoms with Crippen LogP contribution in [-0.4, -0.2) is 31.8 Å². The molecule has 1 aromatic carbocycles. The molecule has 2 rings (SSSR count). The smallest absolute Gasteiger partial charge is 0.227 e. The lowest BCUT2D eigenvalue weighted by Gasteiger charge is -2.36. The largest absolute Gasteiger partial charge is 0.326 e. The van der Waals surface area contributed by atoms with Crippen molar-refractivity contribution in [3.63, 3.8) is 0 Å². The van der Waals surface area contributed by atoms with Gasteiger partial charge in [0.2, 0.25) is 18.7 Å². The van der Waals surface area contributed by atoms with Gasteiger partial charge in [0.1, 0.15) is 0 Å². The zero-order valence-corrected chi connectivity index (χ0v) is 23.4. The van der Waals surface area contributed by atoms with E-state index in [0.717, 1.165) is 38.5 Å². The Labute approximate surface area is 212 Å². The summed E-state index contributed by atoms with van der Waals surface area (Å²) in [6.45, 7) is 20.3. The summed E-state index contributed by atoms with van der Waals surface area (Å²) in [4.78, 5) is 40.5. The molecule has 0 bridgehead atoms. The van der Waals surface area contributed by atoms with E-state index in [1.165, 1.54) is 0 Å². The summed E-state index contributed by atoms with van der Waals surface area (Å²) in [6, 6.07) is 5.52. The van der Waals surface area contributed by atoms with E-state index >= 15 is 0 Å². The van der Waals surface area contributed by atoms with Crippen LogP contribution >= 0.6 is 0 Å². The van der Waals surface area contributed by atoms with Crippen molar-refractivity contribution < 1.29 is 14.4 Å². The zero-order chi connectivity index (χ0) is 26.6. The van der Waals surface area contributed by atoms with Crippen LogP contribution in [-0.2, 0) is 14.4 Å². The highest BCUT2D eigenvalue weighted by molar-refractivity contribution is 5.95. The van der Waals surface area contributed by atoms with Crippen LogP contribution in [0.25, 0.3) is 0 Å². The molecule has 0 unspecified atom stereocenters. The van der Waals surface area contributed by atoms with Crippen LogP contribution in [0.5, 0.6) is 0 Å². The third-order valence-corrected chi connectivity index (χ3v) is 6.70. The number of amides is 3. The molecule has 6 nitrogen and oxygen atoms in total. The summed E-state index contributed by atoms with van der Waals surface area (Å²) in [5, 5.41) is 3.11. The molecule has 0 aromatic heterocycles. The number of nitrogens with one attached hydrogen (secondary N) is 1. The molecule has 0 radical (unpaired) electrons. The van der Waals surface area contributed by atoms with Gasteiger partial charge in [0.25, 0.3) is 0 Å². The molecule has 196 valence electrons. The van der Waals surface area contributed by atoms with Crippen molar-refractivity contribution >= 4 is 35.8 Å². The minimum Gasteiger partial charge on any atom is -0.326 e. The van der Waals surface area contributed by atoms with Crippen molar-refractivity contribution in [1.82, 2.24) is 0 Å². The first-order chi connectivity index (χ1) is 16.0. The summed E-state index contributed by atoms with van der Waals surface area (Å²) in [7, 11) is 0. The highest BCUT2D eigenvalue weighted by Gasteiger charge is 2.32. The van der Waals surface area contributed by atoms with Gasteiger partial charge in [-0.2, -0.15) is 0 Å². The van der Waals surface area contributed by atoms with E-state index in [4.69, 9.17) is 0 Å². The average Bonchev–Trinajstić information content (AvgIpc) is 2.73. The lowest BCUT2D eigenvalue weighted by Crippen LogP contribution is -2.34. The normalized spacial score (nSPS) is 19.1. The Morgan fingerprint density at radius 1 is 0.800 bits per heavy atom. The van der Waals surface area contributed by atoms with E-state index in [0.29, 0.717) is 36.1 Å². The van der Waals surface area contributed by atoms with Crippen LogP contribution < -0.4 is 15.1 Å². The van der Waals surface area contributed by atoms with Crippen molar-refractivity contribution in [2.24, 2.45) is 28.1 Å². The molecule has 0 heterocycles. The fourth-order valence-corrected chi connectivity index (χ4v) is 4.87. The van der Waals surface area contributed by atoms with Gasteiger partial charge >= 0.3 is 0 Å². The molecule has 35 heavy (non-hydrogen) atoms. The molecular weight excluding hydrogens is 438 g/mol. The molecule has 0 spiro atoms. The SMILES string of the molecule is CC(C)(C)CN(C=O)c1cc(NC(=O)C2CCC(C(C)(C)C)CC2)cc(N(C=O)CC(C)(C)C)c1. The van der Waals surface area contributed by atoms with E-state index < -0.39 is 0 Å². The standard InChI is InChI=1S/C29H47N3O3/c1-27(2,3)17-31(19-33)24-14-23(15-25(16-24)32(20-34)18-28(4,5)6)30-26(35)21-10-12-22(13-11-21)29(7,8)9/h14-16,19-22H,10-13,17-18H2,1-9H3,(H,30,35). The molecule has 0 saturated heterocycles. The summed E-state index contributed by atoms with van der Waals surface area (Å²) in [6.07, 6.45) is 5.52. The maximum atomic E-state index is 13.2. The number of hydrogen-bond acceptors (Lipinski definition) is 3. The third-order valence-electron chi connectivity index (χ3n) is 6.70. The highest BCUT2D eigenvalue weighted by Crippen LogP contribution is 2.40. The summed E-state index contributed by atoms with van der Waals surface area (Å²) >= 11 is 0. The number of hydrogen-bond donors (Lipinski definition) is 1. The Kier molecular flexibility index (Phi) is 9.18. The minimum atomic E-state index is -0.109. The van der Waals surface area contributed by atoms with E-state index in [1.807, 2.05) is 18.2 Å². The Morgan fingerprint density at radius 3 is 1.57 bits per heavy atom. The molecule has 1 aliphatic carbocycles. The first-order valence-electron chi connectivity index (χ1n) is 12.9. The second-order valence-electron chi connectivity index (χ2n) is 13.7. The van der Waals surface area contributed by atoms with Crippen LogP contribution in [0.2, 0.25) is 0 Å². The Morgan fingerprint density at radius 2 is 1.23 bits per heavy atom. The van der Waals surface area contributed by atoms with Crippen molar-refractivity contribution in [1.29, 1.82) is 0 Å². The Balaban J connectivity index is 2.34. The lowest BCUT2D eigenvalue weighted by molar-refractivity contribution is -0.121. The molecule has 0 atom stereocenters. The second-order valence-corrected chi connectivity index (χ2v) is 13.7. The van der Waals surface area contributed by atoms with Crippen LogP contribution in [0, 0.1) is 28.1 Å². The maximum absolute atomic E-state index is 13.2. The fraction of sp³-hybridized carbons (Fsp3) is 0.690. The van der Waals surface area contributed by atoms with Gasteiger partial charge in [-0.15, -0.1) is 0 Å². The number of anilines is 3. The monoisotopic (exact) mass is 485 g/mol. The first kappa shape index (κ1) is 28.9. The molecular formula is C29H47N3O3. The van der Waals surface area contributed by atoms with E-state index in [1.54, 1.807) is 9.80 Å². The molecule has 1 aromatic rings. The summed E-state index contributed by atoms with van der Waals surface area (Å²) < 4.78 is 0. The number of carbonyl (C=O) groups excluding carboxylic acids is 3. The van der Waals surface area contributed by atoms with Gasteiger partial charge in [-0.1, -0.05) is 62.3 Å². The van der Waals surface area contributed by atoms with Crippen LogP contribution in [0.15, 0.2) is 18.2 Å². The van der Waals surface area contributed by atoms with Crippen LogP contribution in [0.1, 0.15) is 88.0 Å². The van der Waals surface area contributed by atoms with Crippen molar-refractivity contribution in [2.45, 2.75) is 88.0 Å². The van der Waals surface area contributed by atoms with Crippen LogP contribution in [0.3, 0.4) is 0 Å². The Hall–Kier alpha value is -2.37. The highest BCUT2D eigenvalue weighted by atomic mass is 16.2. The molecule has 0 aliphatic heterocycles. The van der Waals surface area contributed by atoms with E-state index in [2.05, 4.69) is 67.6 Å². The third kappa shape index (κ3) is 8.97. The number of carbonyl (C=O) groups is 3. The van der Waals surface area contributed by atoms with Crippen molar-refractivity contribution in [2.75, 3.05) is 28.2 Å². The molecule has 6 heteroatoms. The van der Waals surface area contributed by atoms with Gasteiger partial charge in [-0.05, 0) is 66.0 Å². The van der Waals surface area contributed by atoms with Gasteiger partial charge in [-0.3, -0.25) is 14.4 Å². The molecule has 3 amide bonds. The predicted octanol–water partition coefficient (Wildman–Crippen LogP) is 6.50. The summed E-state index contributed by atoms with van der Waals surface area (Å²) in [5.41, 5.74) is 1.99. The lowest BCUT2D eigenvalue weighted by atomic mass is 9.69. The fourth-order valence-electron chi connectivity index (χ4n) is 4.87. The van der Waals surface area contributed by atoms with Crippen molar-refractivity contribution in [3.8, 4) is 0 Å². The van der Waals surface area contributed by atoms with E-state index in [9.17, 15) is 14.4 Å². The maximum Gasteiger partial charge on any atom is 0.227 e. The molecule has 1 aliphatic rings. The van der Waals surface area contributed by atoms with Gasteiger partial charge in [0, 0.05) is 36.1 Å². The Bertz CT molecular complexity index is 836. The van der Waals surface area contributed by atoms with Gasteiger partial charge < -0.3 is 15.1 Å². The van der Waals surface area contributed by atoms with Crippen molar-refractivity contribution in [3.05, 3.63) is 18.2 Å². The average molecular weight is 486 g/mol.